The molecule has 2 heterocycles. The largest absolute Gasteiger partial charge is 0.334 e. The highest BCUT2D eigenvalue weighted by Gasteiger charge is 2.13. The third-order valence-corrected chi connectivity index (χ3v) is 3.04. The lowest BCUT2D eigenvalue weighted by molar-refractivity contribution is 0.830. The summed E-state index contributed by atoms with van der Waals surface area (Å²) in [5.41, 5.74) is 0.504. The Kier molecular flexibility index (Phi) is 3.34. The van der Waals surface area contributed by atoms with Gasteiger partial charge in [-0.25, -0.2) is 9.36 Å². The second-order valence-corrected chi connectivity index (χ2v) is 4.20. The Hall–Kier alpha value is -1.88. The van der Waals surface area contributed by atoms with E-state index in [4.69, 9.17) is 11.6 Å². The van der Waals surface area contributed by atoms with E-state index in [0.29, 0.717) is 23.4 Å². The lowest BCUT2D eigenvalue weighted by atomic mass is 10.2. The number of hydrogen-bond acceptors (Lipinski definition) is 3. The predicted molar refractivity (Wildman–Crippen MR) is 69.6 cm³/mol. The van der Waals surface area contributed by atoms with Gasteiger partial charge in [-0.15, -0.1) is 0 Å². The summed E-state index contributed by atoms with van der Waals surface area (Å²) >= 11 is 5.85. The Bertz CT molecular complexity index is 703. The van der Waals surface area contributed by atoms with E-state index in [2.05, 4.69) is 9.97 Å². The maximum absolute atomic E-state index is 12.2. The Balaban J connectivity index is 2.85. The SMILES string of the molecule is CCc1c(Cl)[nH]c(=O)n(-c2cccnc2C)c1=O. The average molecular weight is 266 g/mol. The van der Waals surface area contributed by atoms with Crippen LogP contribution >= 0.6 is 11.6 Å². The molecule has 1 N–H and O–H groups in total. The highest BCUT2D eigenvalue weighted by atomic mass is 35.5. The van der Waals surface area contributed by atoms with Gasteiger partial charge in [0.05, 0.1) is 16.9 Å². The first kappa shape index (κ1) is 12.6. The molecule has 0 unspecified atom stereocenters. The van der Waals surface area contributed by atoms with Crippen LogP contribution in [-0.2, 0) is 6.42 Å². The van der Waals surface area contributed by atoms with Crippen molar-refractivity contribution in [3.05, 3.63) is 55.6 Å². The molecule has 0 saturated carbocycles. The standard InChI is InChI=1S/C12H12ClN3O2/c1-3-8-10(13)15-12(18)16(11(8)17)9-5-4-6-14-7(9)2/h4-6H,3H2,1-2H3,(H,15,18). The normalized spacial score (nSPS) is 10.6. The highest BCUT2D eigenvalue weighted by molar-refractivity contribution is 6.30. The van der Waals surface area contributed by atoms with Crippen molar-refractivity contribution in [2.75, 3.05) is 0 Å². The zero-order valence-electron chi connectivity index (χ0n) is 10.0. The summed E-state index contributed by atoms with van der Waals surface area (Å²) in [4.78, 5) is 30.6. The second-order valence-electron chi connectivity index (χ2n) is 3.82. The van der Waals surface area contributed by atoms with Gasteiger partial charge in [0.15, 0.2) is 0 Å². The minimum absolute atomic E-state index is 0.102. The Labute approximate surface area is 108 Å². The molecule has 0 saturated heterocycles. The number of pyridine rings is 1. The van der Waals surface area contributed by atoms with Crippen LogP contribution in [0.3, 0.4) is 0 Å². The van der Waals surface area contributed by atoms with E-state index < -0.39 is 11.2 Å². The van der Waals surface area contributed by atoms with Gasteiger partial charge in [0.25, 0.3) is 5.56 Å². The zero-order chi connectivity index (χ0) is 13.3. The fourth-order valence-corrected chi connectivity index (χ4v) is 2.08. The van der Waals surface area contributed by atoms with Crippen LogP contribution in [0.1, 0.15) is 18.2 Å². The molecule has 6 heteroatoms. The number of aromatic amines is 1. The van der Waals surface area contributed by atoms with Crippen molar-refractivity contribution in [3.8, 4) is 5.69 Å². The van der Waals surface area contributed by atoms with Crippen LogP contribution in [0.25, 0.3) is 5.69 Å². The number of hydrogen-bond donors (Lipinski definition) is 1. The summed E-state index contributed by atoms with van der Waals surface area (Å²) in [5, 5.41) is 0.102. The fourth-order valence-electron chi connectivity index (χ4n) is 1.78. The summed E-state index contributed by atoms with van der Waals surface area (Å²) in [7, 11) is 0. The number of halogens is 1. The fraction of sp³-hybridized carbons (Fsp3) is 0.250. The molecule has 0 aliphatic heterocycles. The van der Waals surface area contributed by atoms with Gasteiger partial charge >= 0.3 is 5.69 Å². The molecule has 0 bridgehead atoms. The molecule has 18 heavy (non-hydrogen) atoms. The first-order valence-corrected chi connectivity index (χ1v) is 5.89. The quantitative estimate of drug-likeness (QED) is 0.836. The van der Waals surface area contributed by atoms with Crippen molar-refractivity contribution >= 4 is 11.6 Å². The Morgan fingerprint density at radius 3 is 2.78 bits per heavy atom. The van der Waals surface area contributed by atoms with Gasteiger partial charge in [-0.2, -0.15) is 0 Å². The molecule has 0 amide bonds. The summed E-state index contributed by atoms with van der Waals surface area (Å²) in [6, 6.07) is 3.35. The maximum atomic E-state index is 12.2. The van der Waals surface area contributed by atoms with Crippen LogP contribution in [0.5, 0.6) is 0 Å². The van der Waals surface area contributed by atoms with E-state index >= 15 is 0 Å². The summed E-state index contributed by atoms with van der Waals surface area (Å²) in [5.74, 6) is 0. The van der Waals surface area contributed by atoms with Gasteiger partial charge in [-0.1, -0.05) is 18.5 Å². The number of aryl methyl sites for hydroxylation is 1. The molecule has 0 aliphatic carbocycles. The van der Waals surface area contributed by atoms with E-state index in [-0.39, 0.29) is 5.15 Å². The molecule has 2 rings (SSSR count). The lowest BCUT2D eigenvalue weighted by Crippen LogP contribution is -2.36. The van der Waals surface area contributed by atoms with E-state index in [1.165, 1.54) is 0 Å². The first-order valence-electron chi connectivity index (χ1n) is 5.52. The molecular formula is C12H12ClN3O2. The molecule has 0 aromatic carbocycles. The van der Waals surface area contributed by atoms with E-state index in [1.54, 1.807) is 32.2 Å². The predicted octanol–water partition coefficient (Wildman–Crippen LogP) is 1.45. The van der Waals surface area contributed by atoms with Gasteiger partial charge in [0.1, 0.15) is 5.15 Å². The molecule has 5 nitrogen and oxygen atoms in total. The molecule has 94 valence electrons. The lowest BCUT2D eigenvalue weighted by Gasteiger charge is -2.09. The van der Waals surface area contributed by atoms with Gasteiger partial charge < -0.3 is 0 Å². The third kappa shape index (κ3) is 1.97. The van der Waals surface area contributed by atoms with Gasteiger partial charge in [-0.3, -0.25) is 14.8 Å². The van der Waals surface area contributed by atoms with E-state index in [9.17, 15) is 9.59 Å². The van der Waals surface area contributed by atoms with Crippen LogP contribution in [0, 0.1) is 6.92 Å². The highest BCUT2D eigenvalue weighted by Crippen LogP contribution is 2.10. The molecule has 0 radical (unpaired) electrons. The van der Waals surface area contributed by atoms with Crippen LogP contribution in [0.2, 0.25) is 5.15 Å². The number of nitrogens with one attached hydrogen (secondary N) is 1. The van der Waals surface area contributed by atoms with Gasteiger partial charge in [0, 0.05) is 6.20 Å². The third-order valence-electron chi connectivity index (χ3n) is 2.72. The monoisotopic (exact) mass is 265 g/mol. The summed E-state index contributed by atoms with van der Waals surface area (Å²) < 4.78 is 1.06. The number of aromatic nitrogens is 3. The van der Waals surface area contributed by atoms with Crippen molar-refractivity contribution in [2.45, 2.75) is 20.3 Å². The molecule has 0 aliphatic rings. The molecule has 2 aromatic heterocycles. The first-order chi connectivity index (χ1) is 8.56. The van der Waals surface area contributed by atoms with Gasteiger partial charge in [0.2, 0.25) is 0 Å². The summed E-state index contributed by atoms with van der Waals surface area (Å²) in [6.45, 7) is 3.54. The molecule has 0 spiro atoms. The second kappa shape index (κ2) is 4.78. The number of rotatable bonds is 2. The Morgan fingerprint density at radius 1 is 1.44 bits per heavy atom. The zero-order valence-corrected chi connectivity index (χ0v) is 10.8. The maximum Gasteiger partial charge on any atom is 0.334 e. The van der Waals surface area contributed by atoms with Crippen LogP contribution in [-0.4, -0.2) is 14.5 Å². The summed E-state index contributed by atoms with van der Waals surface area (Å²) in [6.07, 6.45) is 2.06. The number of H-pyrrole nitrogens is 1. The smallest absolute Gasteiger partial charge is 0.297 e. The molecule has 0 atom stereocenters. The van der Waals surface area contributed by atoms with Gasteiger partial charge in [-0.05, 0) is 25.5 Å². The van der Waals surface area contributed by atoms with Crippen molar-refractivity contribution in [1.82, 2.24) is 14.5 Å². The Morgan fingerprint density at radius 2 is 2.17 bits per heavy atom. The number of nitrogens with zero attached hydrogens (tertiary/aromatic N) is 2. The van der Waals surface area contributed by atoms with Crippen molar-refractivity contribution in [1.29, 1.82) is 0 Å². The average Bonchev–Trinajstić information content (AvgIpc) is 2.31. The van der Waals surface area contributed by atoms with Crippen LogP contribution < -0.4 is 11.2 Å². The molecular weight excluding hydrogens is 254 g/mol. The van der Waals surface area contributed by atoms with E-state index in [1.807, 2.05) is 0 Å². The molecule has 0 fully saturated rings. The van der Waals surface area contributed by atoms with Crippen LogP contribution in [0.4, 0.5) is 0 Å². The minimum Gasteiger partial charge on any atom is -0.297 e. The minimum atomic E-state index is -0.557. The van der Waals surface area contributed by atoms with E-state index in [0.717, 1.165) is 4.57 Å². The van der Waals surface area contributed by atoms with Crippen molar-refractivity contribution in [2.24, 2.45) is 0 Å². The molecule has 2 aromatic rings. The van der Waals surface area contributed by atoms with Crippen molar-refractivity contribution < 1.29 is 0 Å². The topological polar surface area (TPSA) is 67.8 Å². The van der Waals surface area contributed by atoms with Crippen molar-refractivity contribution in [3.63, 3.8) is 0 Å². The van der Waals surface area contributed by atoms with Crippen LogP contribution in [0.15, 0.2) is 27.9 Å².